The lowest BCUT2D eigenvalue weighted by atomic mass is 10.00. The Morgan fingerprint density at radius 2 is 2.25 bits per heavy atom. The Labute approximate surface area is 72.2 Å². The van der Waals surface area contributed by atoms with Gasteiger partial charge in [-0.1, -0.05) is 0 Å². The van der Waals surface area contributed by atoms with Crippen LogP contribution in [0.3, 0.4) is 0 Å². The Kier molecular flexibility index (Phi) is 1.89. The van der Waals surface area contributed by atoms with Crippen LogP contribution in [0.4, 0.5) is 0 Å². The standard InChI is InChI=1S/C9H14N2O/c1-6-7(2)12-9(11-6)3-8-4-10-5-8/h8,10H,3-5H2,1-2H3. The number of nitrogens with one attached hydrogen (secondary N) is 1. The van der Waals surface area contributed by atoms with E-state index in [9.17, 15) is 0 Å². The van der Waals surface area contributed by atoms with Crippen LogP contribution in [-0.4, -0.2) is 18.1 Å². The number of oxazole rings is 1. The van der Waals surface area contributed by atoms with Crippen LogP contribution in [0.2, 0.25) is 0 Å². The normalized spacial score (nSPS) is 17.8. The molecule has 1 N–H and O–H groups in total. The van der Waals surface area contributed by atoms with E-state index in [1.54, 1.807) is 0 Å². The van der Waals surface area contributed by atoms with E-state index in [1.165, 1.54) is 0 Å². The van der Waals surface area contributed by atoms with Gasteiger partial charge in [0, 0.05) is 6.42 Å². The molecule has 12 heavy (non-hydrogen) atoms. The van der Waals surface area contributed by atoms with Crippen molar-refractivity contribution < 1.29 is 4.42 Å². The fourth-order valence-electron chi connectivity index (χ4n) is 1.37. The molecule has 0 amide bonds. The SMILES string of the molecule is Cc1nc(CC2CNC2)oc1C. The van der Waals surface area contributed by atoms with E-state index in [0.717, 1.165) is 42.8 Å². The van der Waals surface area contributed by atoms with Crippen molar-refractivity contribution in [2.75, 3.05) is 13.1 Å². The van der Waals surface area contributed by atoms with Crippen molar-refractivity contribution in [3.8, 4) is 0 Å². The first-order valence-corrected chi connectivity index (χ1v) is 4.39. The molecule has 0 radical (unpaired) electrons. The minimum Gasteiger partial charge on any atom is -0.446 e. The molecule has 0 bridgehead atoms. The van der Waals surface area contributed by atoms with E-state index < -0.39 is 0 Å². The lowest BCUT2D eigenvalue weighted by molar-refractivity contribution is 0.315. The highest BCUT2D eigenvalue weighted by atomic mass is 16.4. The molecule has 66 valence electrons. The summed E-state index contributed by atoms with van der Waals surface area (Å²) in [5, 5.41) is 3.23. The van der Waals surface area contributed by atoms with Crippen molar-refractivity contribution in [1.29, 1.82) is 0 Å². The van der Waals surface area contributed by atoms with Crippen LogP contribution in [0.15, 0.2) is 4.42 Å². The summed E-state index contributed by atoms with van der Waals surface area (Å²) in [6, 6.07) is 0. The van der Waals surface area contributed by atoms with E-state index >= 15 is 0 Å². The molecule has 3 nitrogen and oxygen atoms in total. The second-order valence-corrected chi connectivity index (χ2v) is 3.48. The number of nitrogens with zero attached hydrogens (tertiary/aromatic N) is 1. The second kappa shape index (κ2) is 2.90. The highest BCUT2D eigenvalue weighted by Gasteiger charge is 2.19. The van der Waals surface area contributed by atoms with E-state index in [-0.39, 0.29) is 0 Å². The molecular formula is C9H14N2O. The predicted octanol–water partition coefficient (Wildman–Crippen LogP) is 1.05. The highest BCUT2D eigenvalue weighted by Crippen LogP contribution is 2.14. The van der Waals surface area contributed by atoms with Gasteiger partial charge in [-0.15, -0.1) is 0 Å². The molecule has 0 aliphatic carbocycles. The molecule has 1 fully saturated rings. The minimum absolute atomic E-state index is 0.738. The summed E-state index contributed by atoms with van der Waals surface area (Å²) in [5.74, 6) is 2.59. The number of hydrogen-bond donors (Lipinski definition) is 1. The van der Waals surface area contributed by atoms with Gasteiger partial charge in [-0.2, -0.15) is 0 Å². The topological polar surface area (TPSA) is 38.1 Å². The van der Waals surface area contributed by atoms with Crippen LogP contribution in [0.1, 0.15) is 17.3 Å². The van der Waals surface area contributed by atoms with Crippen LogP contribution in [-0.2, 0) is 6.42 Å². The molecule has 1 aromatic rings. The van der Waals surface area contributed by atoms with Gasteiger partial charge >= 0.3 is 0 Å². The summed E-state index contributed by atoms with van der Waals surface area (Å²) in [4.78, 5) is 4.34. The Balaban J connectivity index is 2.02. The Morgan fingerprint density at radius 1 is 1.50 bits per heavy atom. The molecule has 0 atom stereocenters. The summed E-state index contributed by atoms with van der Waals surface area (Å²) in [5.41, 5.74) is 1.03. The Morgan fingerprint density at radius 3 is 2.67 bits per heavy atom. The maximum Gasteiger partial charge on any atom is 0.194 e. The quantitative estimate of drug-likeness (QED) is 0.713. The molecule has 0 unspecified atom stereocenters. The number of aromatic nitrogens is 1. The minimum atomic E-state index is 0.738. The third kappa shape index (κ3) is 1.37. The molecular weight excluding hydrogens is 152 g/mol. The van der Waals surface area contributed by atoms with Crippen LogP contribution in [0, 0.1) is 19.8 Å². The molecule has 3 heteroatoms. The second-order valence-electron chi connectivity index (χ2n) is 3.48. The zero-order valence-corrected chi connectivity index (χ0v) is 7.55. The van der Waals surface area contributed by atoms with Gasteiger partial charge in [-0.3, -0.25) is 0 Å². The maximum absolute atomic E-state index is 5.48. The van der Waals surface area contributed by atoms with E-state index in [0.29, 0.717) is 0 Å². The number of rotatable bonds is 2. The van der Waals surface area contributed by atoms with E-state index in [2.05, 4.69) is 10.3 Å². The summed E-state index contributed by atoms with van der Waals surface area (Å²) in [6.07, 6.45) is 0.988. The molecule has 0 spiro atoms. The lowest BCUT2D eigenvalue weighted by Gasteiger charge is -2.25. The van der Waals surface area contributed by atoms with Gasteiger partial charge in [-0.25, -0.2) is 4.98 Å². The average Bonchev–Trinajstić information content (AvgIpc) is 2.24. The first kappa shape index (κ1) is 7.80. The van der Waals surface area contributed by atoms with Crippen molar-refractivity contribution in [2.24, 2.45) is 5.92 Å². The fraction of sp³-hybridized carbons (Fsp3) is 0.667. The molecule has 1 aliphatic heterocycles. The first-order valence-electron chi connectivity index (χ1n) is 4.39. The van der Waals surface area contributed by atoms with Crippen molar-refractivity contribution in [3.05, 3.63) is 17.3 Å². The Hall–Kier alpha value is -0.830. The van der Waals surface area contributed by atoms with E-state index in [1.807, 2.05) is 13.8 Å². The smallest absolute Gasteiger partial charge is 0.194 e. The number of hydrogen-bond acceptors (Lipinski definition) is 3. The number of aryl methyl sites for hydroxylation is 2. The van der Waals surface area contributed by atoms with Gasteiger partial charge in [0.05, 0.1) is 5.69 Å². The van der Waals surface area contributed by atoms with Gasteiger partial charge in [-0.05, 0) is 32.9 Å². The Bertz CT molecular complexity index is 257. The summed E-state index contributed by atoms with van der Waals surface area (Å²) in [7, 11) is 0. The fourth-order valence-corrected chi connectivity index (χ4v) is 1.37. The van der Waals surface area contributed by atoms with Crippen LogP contribution in [0.25, 0.3) is 0 Å². The molecule has 0 saturated carbocycles. The van der Waals surface area contributed by atoms with Gasteiger partial charge in [0.15, 0.2) is 5.89 Å². The van der Waals surface area contributed by atoms with Gasteiger partial charge < -0.3 is 9.73 Å². The van der Waals surface area contributed by atoms with Gasteiger partial charge in [0.1, 0.15) is 5.76 Å². The summed E-state index contributed by atoms with van der Waals surface area (Å²) < 4.78 is 5.48. The third-order valence-corrected chi connectivity index (χ3v) is 2.40. The van der Waals surface area contributed by atoms with Crippen LogP contribution < -0.4 is 5.32 Å². The van der Waals surface area contributed by atoms with Crippen LogP contribution in [0.5, 0.6) is 0 Å². The monoisotopic (exact) mass is 166 g/mol. The van der Waals surface area contributed by atoms with Crippen molar-refractivity contribution in [2.45, 2.75) is 20.3 Å². The zero-order valence-electron chi connectivity index (χ0n) is 7.55. The first-order chi connectivity index (χ1) is 5.75. The molecule has 1 saturated heterocycles. The van der Waals surface area contributed by atoms with Gasteiger partial charge in [0.2, 0.25) is 0 Å². The van der Waals surface area contributed by atoms with E-state index in [4.69, 9.17) is 4.42 Å². The third-order valence-electron chi connectivity index (χ3n) is 2.40. The summed E-state index contributed by atoms with van der Waals surface area (Å²) in [6.45, 7) is 6.17. The van der Waals surface area contributed by atoms with Crippen molar-refractivity contribution >= 4 is 0 Å². The summed E-state index contributed by atoms with van der Waals surface area (Å²) >= 11 is 0. The van der Waals surface area contributed by atoms with Crippen molar-refractivity contribution in [3.63, 3.8) is 0 Å². The molecule has 1 aromatic heterocycles. The van der Waals surface area contributed by atoms with Gasteiger partial charge in [0.25, 0.3) is 0 Å². The molecule has 1 aliphatic rings. The zero-order chi connectivity index (χ0) is 8.55. The lowest BCUT2D eigenvalue weighted by Crippen LogP contribution is -2.43. The van der Waals surface area contributed by atoms with Crippen molar-refractivity contribution in [1.82, 2.24) is 10.3 Å². The maximum atomic E-state index is 5.48. The average molecular weight is 166 g/mol. The highest BCUT2D eigenvalue weighted by molar-refractivity contribution is 5.06. The molecule has 0 aromatic carbocycles. The largest absolute Gasteiger partial charge is 0.446 e. The molecule has 2 heterocycles. The predicted molar refractivity (Wildman–Crippen MR) is 46.0 cm³/mol. The van der Waals surface area contributed by atoms with Crippen LogP contribution >= 0.6 is 0 Å². The molecule has 2 rings (SSSR count).